The fraction of sp³-hybridized carbons (Fsp3) is 0.333. The van der Waals surface area contributed by atoms with E-state index in [0.29, 0.717) is 12.5 Å². The van der Waals surface area contributed by atoms with E-state index in [1.54, 1.807) is 20.4 Å². The van der Waals surface area contributed by atoms with E-state index < -0.39 is 0 Å². The Morgan fingerprint density at radius 2 is 1.88 bits per heavy atom. The molecule has 1 aromatic heterocycles. The second kappa shape index (κ2) is 7.68. The molecule has 1 N–H and O–H groups in total. The number of aromatic nitrogens is 1. The molecule has 0 aliphatic carbocycles. The van der Waals surface area contributed by atoms with E-state index >= 15 is 0 Å². The number of amidine groups is 1. The van der Waals surface area contributed by atoms with E-state index in [9.17, 15) is 0 Å². The molecule has 1 aliphatic heterocycles. The Morgan fingerprint density at radius 1 is 1.08 bits per heavy atom. The van der Waals surface area contributed by atoms with E-state index in [0.717, 1.165) is 48.0 Å². The number of nitrogens with zero attached hydrogens (tertiary/aromatic N) is 2. The first-order chi connectivity index (χ1) is 11.8. The Morgan fingerprint density at radius 3 is 2.54 bits per heavy atom. The number of hydrogen-bond donors (Lipinski definition) is 1. The highest BCUT2D eigenvalue weighted by Gasteiger charge is 2.16. The summed E-state index contributed by atoms with van der Waals surface area (Å²) in [7, 11) is 3.26. The molecule has 2 heterocycles. The van der Waals surface area contributed by atoms with Crippen molar-refractivity contribution in [1.82, 2.24) is 10.3 Å². The zero-order valence-corrected chi connectivity index (χ0v) is 13.9. The van der Waals surface area contributed by atoms with Gasteiger partial charge in [0.2, 0.25) is 5.88 Å². The summed E-state index contributed by atoms with van der Waals surface area (Å²) in [6.45, 7) is 2.02. The van der Waals surface area contributed by atoms with Crippen molar-refractivity contribution in [2.45, 2.75) is 13.0 Å². The number of ether oxygens (including phenoxy) is 3. The fourth-order valence-corrected chi connectivity index (χ4v) is 2.61. The van der Waals surface area contributed by atoms with Crippen molar-refractivity contribution in [2.24, 2.45) is 4.99 Å². The highest BCUT2D eigenvalue weighted by Crippen LogP contribution is 2.29. The van der Waals surface area contributed by atoms with Crippen LogP contribution in [0, 0.1) is 0 Å². The molecular formula is C18H21N3O3. The van der Waals surface area contributed by atoms with Gasteiger partial charge in [0.1, 0.15) is 23.9 Å². The lowest BCUT2D eigenvalue weighted by atomic mass is 10.2. The summed E-state index contributed by atoms with van der Waals surface area (Å²) in [4.78, 5) is 8.87. The molecule has 0 saturated carbocycles. The number of rotatable bonds is 6. The molecule has 0 spiro atoms. The van der Waals surface area contributed by atoms with Crippen molar-refractivity contribution in [3.05, 3.63) is 47.7 Å². The lowest BCUT2D eigenvalue weighted by Crippen LogP contribution is -2.30. The van der Waals surface area contributed by atoms with Crippen LogP contribution in [0.25, 0.3) is 0 Å². The molecule has 24 heavy (non-hydrogen) atoms. The number of hydrogen-bond acceptors (Lipinski definition) is 6. The van der Waals surface area contributed by atoms with Crippen molar-refractivity contribution < 1.29 is 14.2 Å². The van der Waals surface area contributed by atoms with Crippen LogP contribution >= 0.6 is 0 Å². The molecule has 0 atom stereocenters. The molecule has 6 nitrogen and oxygen atoms in total. The maximum absolute atomic E-state index is 5.97. The maximum atomic E-state index is 5.97. The number of benzene rings is 1. The zero-order valence-electron chi connectivity index (χ0n) is 13.9. The Hall–Kier alpha value is -2.76. The van der Waals surface area contributed by atoms with Crippen molar-refractivity contribution in [3.8, 4) is 17.4 Å². The summed E-state index contributed by atoms with van der Waals surface area (Å²) in [5.74, 6) is 2.81. The van der Waals surface area contributed by atoms with Crippen LogP contribution in [0.2, 0.25) is 0 Å². The number of pyridine rings is 1. The van der Waals surface area contributed by atoms with Crippen LogP contribution in [0.4, 0.5) is 0 Å². The van der Waals surface area contributed by atoms with Crippen LogP contribution in [-0.4, -0.2) is 38.1 Å². The second-order valence-corrected chi connectivity index (χ2v) is 5.30. The Labute approximate surface area is 141 Å². The minimum Gasteiger partial charge on any atom is -0.496 e. The predicted octanol–water partition coefficient (Wildman–Crippen LogP) is 2.42. The molecule has 1 aromatic carbocycles. The third kappa shape index (κ3) is 3.42. The van der Waals surface area contributed by atoms with E-state index in [4.69, 9.17) is 14.2 Å². The predicted molar refractivity (Wildman–Crippen MR) is 92.1 cm³/mol. The normalized spacial score (nSPS) is 13.7. The molecule has 0 fully saturated rings. The van der Waals surface area contributed by atoms with Crippen LogP contribution in [0.3, 0.4) is 0 Å². The van der Waals surface area contributed by atoms with Crippen LogP contribution in [0.1, 0.15) is 17.5 Å². The number of methoxy groups -OCH3 is 2. The zero-order chi connectivity index (χ0) is 16.8. The van der Waals surface area contributed by atoms with Gasteiger partial charge >= 0.3 is 0 Å². The summed E-state index contributed by atoms with van der Waals surface area (Å²) in [6.07, 6.45) is 2.75. The minimum atomic E-state index is 0.296. The fourth-order valence-electron chi connectivity index (χ4n) is 2.61. The third-order valence-electron chi connectivity index (χ3n) is 3.81. The molecule has 0 bridgehead atoms. The van der Waals surface area contributed by atoms with Crippen molar-refractivity contribution in [3.63, 3.8) is 0 Å². The van der Waals surface area contributed by atoms with Gasteiger partial charge in [-0.3, -0.25) is 4.99 Å². The highest BCUT2D eigenvalue weighted by molar-refractivity contribution is 6.00. The third-order valence-corrected chi connectivity index (χ3v) is 3.81. The van der Waals surface area contributed by atoms with Crippen molar-refractivity contribution in [2.75, 3.05) is 27.3 Å². The van der Waals surface area contributed by atoms with Gasteiger partial charge in [0.05, 0.1) is 25.3 Å². The van der Waals surface area contributed by atoms with E-state index in [2.05, 4.69) is 15.3 Å². The van der Waals surface area contributed by atoms with Gasteiger partial charge in [0, 0.05) is 19.3 Å². The van der Waals surface area contributed by atoms with Gasteiger partial charge in [0.15, 0.2) is 0 Å². The Kier molecular flexibility index (Phi) is 5.15. The van der Waals surface area contributed by atoms with Gasteiger partial charge in [-0.25, -0.2) is 4.98 Å². The van der Waals surface area contributed by atoms with E-state index in [-0.39, 0.29) is 0 Å². The first-order valence-corrected chi connectivity index (χ1v) is 7.90. The van der Waals surface area contributed by atoms with Crippen LogP contribution < -0.4 is 19.5 Å². The quantitative estimate of drug-likeness (QED) is 0.883. The first kappa shape index (κ1) is 16.1. The topological polar surface area (TPSA) is 65.0 Å². The summed E-state index contributed by atoms with van der Waals surface area (Å²) in [5, 5.41) is 3.30. The van der Waals surface area contributed by atoms with Crippen LogP contribution in [-0.2, 0) is 6.61 Å². The molecule has 6 heteroatoms. The standard InChI is InChI=1S/C18H21N3O3/c1-22-15-7-3-8-16(23-2)14(15)12-24-18-13(6-4-9-21-18)17-19-10-5-11-20-17/h3-4,6-9H,5,10-12H2,1-2H3,(H,19,20). The molecule has 0 radical (unpaired) electrons. The maximum Gasteiger partial charge on any atom is 0.224 e. The molecule has 2 aromatic rings. The van der Waals surface area contributed by atoms with Crippen molar-refractivity contribution >= 4 is 5.84 Å². The Bertz CT molecular complexity index is 709. The largest absolute Gasteiger partial charge is 0.496 e. The van der Waals surface area contributed by atoms with E-state index in [1.807, 2.05) is 30.3 Å². The first-order valence-electron chi connectivity index (χ1n) is 7.90. The minimum absolute atomic E-state index is 0.296. The van der Waals surface area contributed by atoms with Crippen molar-refractivity contribution in [1.29, 1.82) is 0 Å². The lowest BCUT2D eigenvalue weighted by Gasteiger charge is -2.18. The average molecular weight is 327 g/mol. The van der Waals surface area contributed by atoms with Gasteiger partial charge < -0.3 is 19.5 Å². The molecule has 126 valence electrons. The number of nitrogens with one attached hydrogen (secondary N) is 1. The van der Waals surface area contributed by atoms with Crippen LogP contribution in [0.15, 0.2) is 41.5 Å². The van der Waals surface area contributed by atoms with Gasteiger partial charge in [-0.05, 0) is 30.7 Å². The SMILES string of the molecule is COc1cccc(OC)c1COc1ncccc1C1=NCCCN1. The molecule has 3 rings (SSSR count). The lowest BCUT2D eigenvalue weighted by molar-refractivity contribution is 0.276. The highest BCUT2D eigenvalue weighted by atomic mass is 16.5. The second-order valence-electron chi connectivity index (χ2n) is 5.30. The van der Waals surface area contributed by atoms with Crippen LogP contribution in [0.5, 0.6) is 17.4 Å². The van der Waals surface area contributed by atoms with E-state index in [1.165, 1.54) is 0 Å². The van der Waals surface area contributed by atoms with Gasteiger partial charge in [-0.2, -0.15) is 0 Å². The summed E-state index contributed by atoms with van der Waals surface area (Å²) in [5.41, 5.74) is 1.71. The molecule has 0 unspecified atom stereocenters. The molecule has 0 amide bonds. The smallest absolute Gasteiger partial charge is 0.224 e. The van der Waals surface area contributed by atoms with Gasteiger partial charge in [0.25, 0.3) is 0 Å². The summed E-state index contributed by atoms with van der Waals surface area (Å²) >= 11 is 0. The number of aliphatic imine (C=N–C) groups is 1. The van der Waals surface area contributed by atoms with Gasteiger partial charge in [-0.1, -0.05) is 6.07 Å². The monoisotopic (exact) mass is 327 g/mol. The summed E-state index contributed by atoms with van der Waals surface area (Å²) < 4.78 is 16.8. The molecule has 0 saturated heterocycles. The Balaban J connectivity index is 1.84. The summed E-state index contributed by atoms with van der Waals surface area (Å²) in [6, 6.07) is 9.48. The molecule has 1 aliphatic rings. The average Bonchev–Trinajstić information content (AvgIpc) is 2.67. The van der Waals surface area contributed by atoms with Gasteiger partial charge in [-0.15, -0.1) is 0 Å². The molecular weight excluding hydrogens is 306 g/mol.